The van der Waals surface area contributed by atoms with Crippen molar-refractivity contribution in [2.24, 2.45) is 4.99 Å². The molecule has 0 spiro atoms. The first-order valence-corrected chi connectivity index (χ1v) is 10.3. The second kappa shape index (κ2) is 11.6. The number of anilines is 1. The Morgan fingerprint density at radius 2 is 2.07 bits per heavy atom. The number of carbonyl (C=O) groups is 1. The first-order valence-electron chi connectivity index (χ1n) is 10.3. The van der Waals surface area contributed by atoms with Crippen LogP contribution in [0.2, 0.25) is 0 Å². The van der Waals surface area contributed by atoms with Crippen molar-refractivity contribution < 1.29 is 4.79 Å². The Hall–Kier alpha value is -1.35. The van der Waals surface area contributed by atoms with Crippen molar-refractivity contribution in [3.63, 3.8) is 0 Å². The van der Waals surface area contributed by atoms with Gasteiger partial charge in [0, 0.05) is 44.8 Å². The zero-order valence-electron chi connectivity index (χ0n) is 17.1. The molecule has 3 rings (SSSR count). The number of rotatable bonds is 7. The van der Waals surface area contributed by atoms with Crippen LogP contribution in [0, 0.1) is 0 Å². The summed E-state index contributed by atoms with van der Waals surface area (Å²) in [6.07, 6.45) is 4.87. The Morgan fingerprint density at radius 1 is 1.25 bits per heavy atom. The Bertz CT molecular complexity index is 666. The number of hydrogen-bond donors (Lipinski definition) is 2. The average Bonchev–Trinajstić information content (AvgIpc) is 3.33. The summed E-state index contributed by atoms with van der Waals surface area (Å²) in [6.45, 7) is 7.03. The largest absolute Gasteiger partial charge is 0.356 e. The predicted octanol–water partition coefficient (Wildman–Crippen LogP) is 2.62. The first kappa shape index (κ1) is 22.9. The van der Waals surface area contributed by atoms with Crippen LogP contribution in [0.15, 0.2) is 29.3 Å². The average molecular weight is 499 g/mol. The van der Waals surface area contributed by atoms with E-state index in [0.717, 1.165) is 50.7 Å². The highest BCUT2D eigenvalue weighted by Gasteiger charge is 2.24. The lowest BCUT2D eigenvalue weighted by Crippen LogP contribution is -2.45. The van der Waals surface area contributed by atoms with Crippen molar-refractivity contribution >= 4 is 41.5 Å². The number of hydrogen-bond acceptors (Lipinski definition) is 3. The molecule has 1 amide bonds. The highest BCUT2D eigenvalue weighted by Crippen LogP contribution is 2.27. The maximum atomic E-state index is 12.5. The zero-order valence-corrected chi connectivity index (χ0v) is 19.4. The number of carbonyl (C=O) groups excluding carboxylic acids is 1. The van der Waals surface area contributed by atoms with Gasteiger partial charge in [-0.25, -0.2) is 0 Å². The number of para-hydroxylation sites is 1. The Morgan fingerprint density at radius 3 is 2.86 bits per heavy atom. The second-order valence-corrected chi connectivity index (χ2v) is 7.33. The molecule has 1 aromatic rings. The standard InChI is InChI=1S/C21H33N5O.HI/c1-3-25-14-7-9-18(25)16-24-21(22-2)23-13-6-11-20(27)26-15-12-17-8-4-5-10-19(17)26;/h4-5,8,10,18H,3,6-7,9,11-16H2,1-2H3,(H2,22,23,24);1H. The van der Waals surface area contributed by atoms with Crippen molar-refractivity contribution in [1.29, 1.82) is 0 Å². The lowest BCUT2D eigenvalue weighted by atomic mass is 10.2. The van der Waals surface area contributed by atoms with E-state index in [4.69, 9.17) is 0 Å². The molecule has 2 aliphatic rings. The van der Waals surface area contributed by atoms with Crippen molar-refractivity contribution in [3.05, 3.63) is 29.8 Å². The first-order chi connectivity index (χ1) is 13.2. The van der Waals surface area contributed by atoms with Crippen molar-refractivity contribution in [3.8, 4) is 0 Å². The normalized spacial score (nSPS) is 19.3. The van der Waals surface area contributed by atoms with Gasteiger partial charge in [-0.3, -0.25) is 14.7 Å². The molecule has 7 heteroatoms. The Balaban J connectivity index is 0.00000280. The summed E-state index contributed by atoms with van der Waals surface area (Å²) in [5.41, 5.74) is 2.37. The maximum absolute atomic E-state index is 12.5. The summed E-state index contributed by atoms with van der Waals surface area (Å²) in [5, 5.41) is 6.77. The number of nitrogens with zero attached hydrogens (tertiary/aromatic N) is 3. The third-order valence-electron chi connectivity index (χ3n) is 5.68. The molecular weight excluding hydrogens is 465 g/mol. The quantitative estimate of drug-likeness (QED) is 0.262. The van der Waals surface area contributed by atoms with E-state index in [1.165, 1.54) is 24.9 Å². The third-order valence-corrected chi connectivity index (χ3v) is 5.68. The Labute approximate surface area is 186 Å². The van der Waals surface area contributed by atoms with Gasteiger partial charge in [0.2, 0.25) is 5.91 Å². The number of likely N-dealkylation sites (tertiary alicyclic amines) is 1. The molecule has 2 N–H and O–H groups in total. The molecule has 2 aliphatic heterocycles. The molecule has 0 saturated carbocycles. The van der Waals surface area contributed by atoms with Gasteiger partial charge in [-0.2, -0.15) is 0 Å². The number of aliphatic imine (C=N–C) groups is 1. The number of halogens is 1. The van der Waals surface area contributed by atoms with Gasteiger partial charge in [0.1, 0.15) is 0 Å². The summed E-state index contributed by atoms with van der Waals surface area (Å²) in [5.74, 6) is 1.05. The molecular formula is C21H34IN5O. The van der Waals surface area contributed by atoms with Gasteiger partial charge in [0.25, 0.3) is 0 Å². The predicted molar refractivity (Wildman–Crippen MR) is 127 cm³/mol. The fraction of sp³-hybridized carbons (Fsp3) is 0.619. The van der Waals surface area contributed by atoms with E-state index < -0.39 is 0 Å². The van der Waals surface area contributed by atoms with Crippen LogP contribution < -0.4 is 15.5 Å². The second-order valence-electron chi connectivity index (χ2n) is 7.33. The number of benzene rings is 1. The van der Waals surface area contributed by atoms with E-state index in [9.17, 15) is 4.79 Å². The fourth-order valence-corrected chi connectivity index (χ4v) is 4.16. The van der Waals surface area contributed by atoms with Gasteiger partial charge >= 0.3 is 0 Å². The van der Waals surface area contributed by atoms with Crippen LogP contribution in [0.1, 0.15) is 38.2 Å². The molecule has 0 bridgehead atoms. The molecule has 1 aromatic carbocycles. The topological polar surface area (TPSA) is 60.0 Å². The van der Waals surface area contributed by atoms with Crippen LogP contribution in [0.3, 0.4) is 0 Å². The van der Waals surface area contributed by atoms with Gasteiger partial charge in [-0.05, 0) is 50.4 Å². The monoisotopic (exact) mass is 499 g/mol. The molecule has 1 saturated heterocycles. The van der Waals surface area contributed by atoms with Crippen molar-refractivity contribution in [2.75, 3.05) is 44.7 Å². The smallest absolute Gasteiger partial charge is 0.227 e. The summed E-state index contributed by atoms with van der Waals surface area (Å²) in [7, 11) is 1.80. The summed E-state index contributed by atoms with van der Waals surface area (Å²) in [6, 6.07) is 8.81. The molecule has 1 unspecified atom stereocenters. The number of nitrogens with one attached hydrogen (secondary N) is 2. The van der Waals surface area contributed by atoms with E-state index in [0.29, 0.717) is 12.5 Å². The highest BCUT2D eigenvalue weighted by atomic mass is 127. The lowest BCUT2D eigenvalue weighted by molar-refractivity contribution is -0.118. The fourth-order valence-electron chi connectivity index (χ4n) is 4.16. The van der Waals surface area contributed by atoms with E-state index >= 15 is 0 Å². The van der Waals surface area contributed by atoms with Crippen LogP contribution in [-0.4, -0.2) is 62.6 Å². The number of guanidine groups is 1. The molecule has 0 aromatic heterocycles. The molecule has 0 radical (unpaired) electrons. The SMILES string of the molecule is CCN1CCCC1CNC(=NC)NCCCC(=O)N1CCc2ccccc21.I. The van der Waals surface area contributed by atoms with Crippen LogP contribution in [0.4, 0.5) is 5.69 Å². The van der Waals surface area contributed by atoms with E-state index in [1.807, 2.05) is 23.1 Å². The zero-order chi connectivity index (χ0) is 19.1. The van der Waals surface area contributed by atoms with Gasteiger partial charge in [0.15, 0.2) is 5.96 Å². The molecule has 0 aliphatic carbocycles. The van der Waals surface area contributed by atoms with Gasteiger partial charge < -0.3 is 15.5 Å². The van der Waals surface area contributed by atoms with Crippen LogP contribution in [0.25, 0.3) is 0 Å². The van der Waals surface area contributed by atoms with Crippen LogP contribution >= 0.6 is 24.0 Å². The number of likely N-dealkylation sites (N-methyl/N-ethyl adjacent to an activating group) is 1. The molecule has 156 valence electrons. The maximum Gasteiger partial charge on any atom is 0.227 e. The van der Waals surface area contributed by atoms with Gasteiger partial charge in [0.05, 0.1) is 0 Å². The number of fused-ring (bicyclic) bond motifs is 1. The van der Waals surface area contributed by atoms with Crippen molar-refractivity contribution in [2.45, 2.75) is 45.1 Å². The van der Waals surface area contributed by atoms with E-state index in [-0.39, 0.29) is 29.9 Å². The molecule has 1 atom stereocenters. The molecule has 6 nitrogen and oxygen atoms in total. The molecule has 28 heavy (non-hydrogen) atoms. The van der Waals surface area contributed by atoms with Crippen molar-refractivity contribution in [1.82, 2.24) is 15.5 Å². The van der Waals surface area contributed by atoms with Gasteiger partial charge in [-0.15, -0.1) is 24.0 Å². The van der Waals surface area contributed by atoms with Crippen LogP contribution in [0.5, 0.6) is 0 Å². The lowest BCUT2D eigenvalue weighted by Gasteiger charge is -2.24. The van der Waals surface area contributed by atoms with Crippen LogP contribution in [-0.2, 0) is 11.2 Å². The summed E-state index contributed by atoms with van der Waals surface area (Å²) >= 11 is 0. The Kier molecular flexibility index (Phi) is 9.50. The highest BCUT2D eigenvalue weighted by molar-refractivity contribution is 14.0. The molecule has 2 heterocycles. The summed E-state index contributed by atoms with van der Waals surface area (Å²) < 4.78 is 0. The number of amides is 1. The minimum atomic E-state index is 0. The summed E-state index contributed by atoms with van der Waals surface area (Å²) in [4.78, 5) is 21.3. The molecule has 1 fully saturated rings. The van der Waals surface area contributed by atoms with Gasteiger partial charge in [-0.1, -0.05) is 25.1 Å². The van der Waals surface area contributed by atoms with E-state index in [1.54, 1.807) is 7.05 Å². The minimum absolute atomic E-state index is 0. The minimum Gasteiger partial charge on any atom is -0.356 e. The third kappa shape index (κ3) is 5.83. The van der Waals surface area contributed by atoms with E-state index in [2.05, 4.69) is 33.5 Å².